The fourth-order valence-corrected chi connectivity index (χ4v) is 2.39. The van der Waals surface area contributed by atoms with Gasteiger partial charge in [-0.1, -0.05) is 18.2 Å². The average molecular weight is 344 g/mol. The van der Waals surface area contributed by atoms with Crippen molar-refractivity contribution in [2.24, 2.45) is 0 Å². The Hall–Kier alpha value is -2.38. The van der Waals surface area contributed by atoms with Crippen molar-refractivity contribution >= 4 is 17.9 Å². The molecule has 0 unspecified atom stereocenters. The normalized spacial score (nSPS) is 16.4. The second-order valence-electron chi connectivity index (χ2n) is 5.43. The van der Waals surface area contributed by atoms with E-state index in [4.69, 9.17) is 0 Å². The van der Waals surface area contributed by atoms with Gasteiger partial charge in [-0.15, -0.1) is 0 Å². The number of hydrogen-bond acceptors (Lipinski definition) is 2. The number of carbonyl (C=O) groups excluding carboxylic acids is 2. The topological polar surface area (TPSA) is 49.4 Å². The fourth-order valence-electron chi connectivity index (χ4n) is 2.39. The Kier molecular flexibility index (Phi) is 5.58. The molecular formula is C16H16F4N2O2. The van der Waals surface area contributed by atoms with Gasteiger partial charge in [-0.05, 0) is 25.0 Å². The van der Waals surface area contributed by atoms with E-state index >= 15 is 0 Å². The predicted molar refractivity (Wildman–Crippen MR) is 79.2 cm³/mol. The minimum absolute atomic E-state index is 0.225. The molecule has 1 aromatic rings. The lowest BCUT2D eigenvalue weighted by Gasteiger charge is -2.31. The van der Waals surface area contributed by atoms with Crippen LogP contribution in [0.5, 0.6) is 0 Å². The molecule has 0 bridgehead atoms. The maximum atomic E-state index is 13.4. The summed E-state index contributed by atoms with van der Waals surface area (Å²) in [5, 5.41) is 1.91. The summed E-state index contributed by atoms with van der Waals surface area (Å²) in [6.45, 7) is 0.451. The van der Waals surface area contributed by atoms with E-state index in [1.54, 1.807) is 6.07 Å². The first-order chi connectivity index (χ1) is 11.3. The first-order valence-electron chi connectivity index (χ1n) is 7.36. The summed E-state index contributed by atoms with van der Waals surface area (Å²) in [5.74, 6) is -2.76. The Morgan fingerprint density at radius 1 is 1.17 bits per heavy atom. The monoisotopic (exact) mass is 344 g/mol. The number of benzene rings is 1. The predicted octanol–water partition coefficient (Wildman–Crippen LogP) is 2.51. The maximum Gasteiger partial charge on any atom is 0.471 e. The summed E-state index contributed by atoms with van der Waals surface area (Å²) in [7, 11) is 0. The maximum absolute atomic E-state index is 13.4. The van der Waals surface area contributed by atoms with Crippen molar-refractivity contribution in [3.8, 4) is 0 Å². The lowest BCUT2D eigenvalue weighted by Crippen LogP contribution is -2.49. The molecule has 1 fully saturated rings. The molecule has 0 spiro atoms. The SMILES string of the molecule is O=C(/C=C/c1ccccc1F)N1CCC(NC(=O)C(F)(F)F)CC1. The molecular weight excluding hydrogens is 328 g/mol. The van der Waals surface area contributed by atoms with Crippen molar-refractivity contribution in [1.82, 2.24) is 10.2 Å². The molecule has 1 heterocycles. The van der Waals surface area contributed by atoms with Crippen molar-refractivity contribution in [3.05, 3.63) is 41.7 Å². The summed E-state index contributed by atoms with van der Waals surface area (Å²) < 4.78 is 50.0. The van der Waals surface area contributed by atoms with E-state index in [1.165, 1.54) is 35.3 Å². The van der Waals surface area contributed by atoms with Crippen LogP contribution < -0.4 is 5.32 Å². The molecule has 0 saturated carbocycles. The van der Waals surface area contributed by atoms with E-state index in [2.05, 4.69) is 0 Å². The molecule has 2 rings (SSSR count). The van der Waals surface area contributed by atoms with Gasteiger partial charge in [0.1, 0.15) is 5.82 Å². The Balaban J connectivity index is 1.85. The minimum Gasteiger partial charge on any atom is -0.345 e. The van der Waals surface area contributed by atoms with Gasteiger partial charge in [0.15, 0.2) is 0 Å². The number of nitrogens with zero attached hydrogens (tertiary/aromatic N) is 1. The lowest BCUT2D eigenvalue weighted by molar-refractivity contribution is -0.174. The molecule has 0 aliphatic carbocycles. The number of rotatable bonds is 3. The molecule has 1 saturated heterocycles. The second kappa shape index (κ2) is 7.46. The number of piperidine rings is 1. The smallest absolute Gasteiger partial charge is 0.345 e. The van der Waals surface area contributed by atoms with Crippen molar-refractivity contribution in [1.29, 1.82) is 0 Å². The van der Waals surface area contributed by atoms with E-state index < -0.39 is 23.9 Å². The molecule has 4 nitrogen and oxygen atoms in total. The quantitative estimate of drug-likeness (QED) is 0.677. The third-order valence-corrected chi connectivity index (χ3v) is 3.71. The van der Waals surface area contributed by atoms with Crippen LogP contribution in [0.1, 0.15) is 18.4 Å². The number of alkyl halides is 3. The van der Waals surface area contributed by atoms with Gasteiger partial charge < -0.3 is 10.2 Å². The first kappa shape index (κ1) is 18.0. The molecule has 8 heteroatoms. The molecule has 0 atom stereocenters. The molecule has 24 heavy (non-hydrogen) atoms. The number of halogens is 4. The van der Waals surface area contributed by atoms with E-state index in [1.807, 2.05) is 5.32 Å². The van der Waals surface area contributed by atoms with Crippen LogP contribution in [0.2, 0.25) is 0 Å². The van der Waals surface area contributed by atoms with Crippen LogP contribution in [0.25, 0.3) is 6.08 Å². The van der Waals surface area contributed by atoms with E-state index in [0.29, 0.717) is 0 Å². The third kappa shape index (κ3) is 4.81. The van der Waals surface area contributed by atoms with Gasteiger partial charge >= 0.3 is 12.1 Å². The van der Waals surface area contributed by atoms with E-state index in [-0.39, 0.29) is 37.4 Å². The van der Waals surface area contributed by atoms with E-state index in [9.17, 15) is 27.2 Å². The van der Waals surface area contributed by atoms with Crippen LogP contribution in [0.3, 0.4) is 0 Å². The molecule has 2 amide bonds. The van der Waals surface area contributed by atoms with Crippen molar-refractivity contribution in [3.63, 3.8) is 0 Å². The number of likely N-dealkylation sites (tertiary alicyclic amines) is 1. The molecule has 1 aliphatic rings. The number of carbonyl (C=O) groups is 2. The number of hydrogen-bond donors (Lipinski definition) is 1. The lowest BCUT2D eigenvalue weighted by atomic mass is 10.0. The highest BCUT2D eigenvalue weighted by molar-refractivity contribution is 5.91. The van der Waals surface area contributed by atoms with Crippen molar-refractivity contribution in [2.45, 2.75) is 25.1 Å². The van der Waals surface area contributed by atoms with Crippen molar-refractivity contribution in [2.75, 3.05) is 13.1 Å². The van der Waals surface area contributed by atoms with Crippen LogP contribution >= 0.6 is 0 Å². The van der Waals surface area contributed by atoms with Crippen LogP contribution in [-0.2, 0) is 9.59 Å². The number of nitrogens with one attached hydrogen (secondary N) is 1. The Labute approximate surface area is 136 Å². The Bertz CT molecular complexity index is 635. The second-order valence-corrected chi connectivity index (χ2v) is 5.43. The van der Waals surface area contributed by atoms with Crippen LogP contribution in [0, 0.1) is 5.82 Å². The third-order valence-electron chi connectivity index (χ3n) is 3.71. The summed E-state index contributed by atoms with van der Waals surface area (Å²) in [6.07, 6.45) is -1.85. The molecule has 1 aliphatic heterocycles. The molecule has 1 aromatic carbocycles. The summed E-state index contributed by atoms with van der Waals surface area (Å²) >= 11 is 0. The van der Waals surface area contributed by atoms with Gasteiger partial charge in [0, 0.05) is 30.8 Å². The Morgan fingerprint density at radius 3 is 2.38 bits per heavy atom. The molecule has 1 N–H and O–H groups in total. The first-order valence-corrected chi connectivity index (χ1v) is 7.36. The highest BCUT2D eigenvalue weighted by Crippen LogP contribution is 2.17. The van der Waals surface area contributed by atoms with Crippen LogP contribution in [0.15, 0.2) is 30.3 Å². The molecule has 0 aromatic heterocycles. The van der Waals surface area contributed by atoms with Gasteiger partial charge in [0.25, 0.3) is 0 Å². The van der Waals surface area contributed by atoms with Gasteiger partial charge in [-0.25, -0.2) is 4.39 Å². The fraction of sp³-hybridized carbons (Fsp3) is 0.375. The molecule has 0 radical (unpaired) electrons. The van der Waals surface area contributed by atoms with Crippen molar-refractivity contribution < 1.29 is 27.2 Å². The largest absolute Gasteiger partial charge is 0.471 e. The Morgan fingerprint density at radius 2 is 1.79 bits per heavy atom. The summed E-state index contributed by atoms with van der Waals surface area (Å²) in [4.78, 5) is 24.3. The molecule has 130 valence electrons. The average Bonchev–Trinajstić information content (AvgIpc) is 2.53. The van der Waals surface area contributed by atoms with Gasteiger partial charge in [0.2, 0.25) is 5.91 Å². The zero-order chi connectivity index (χ0) is 17.7. The highest BCUT2D eigenvalue weighted by Gasteiger charge is 2.40. The zero-order valence-electron chi connectivity index (χ0n) is 12.6. The van der Waals surface area contributed by atoms with Gasteiger partial charge in [-0.2, -0.15) is 13.2 Å². The zero-order valence-corrected chi connectivity index (χ0v) is 12.6. The van der Waals surface area contributed by atoms with Gasteiger partial charge in [-0.3, -0.25) is 9.59 Å². The van der Waals surface area contributed by atoms with E-state index in [0.717, 1.165) is 0 Å². The standard InChI is InChI=1S/C16H16F4N2O2/c17-13-4-2-1-3-11(13)5-6-14(23)22-9-7-12(8-10-22)21-15(24)16(18,19)20/h1-6,12H,7-10H2,(H,21,24)/b6-5+. The summed E-state index contributed by atoms with van der Waals surface area (Å²) in [5.41, 5.74) is 0.276. The van der Waals surface area contributed by atoms with Crippen LogP contribution in [-0.4, -0.2) is 42.0 Å². The highest BCUT2D eigenvalue weighted by atomic mass is 19.4. The van der Waals surface area contributed by atoms with Crippen LogP contribution in [0.4, 0.5) is 17.6 Å². The van der Waals surface area contributed by atoms with Gasteiger partial charge in [0.05, 0.1) is 0 Å². The number of amides is 2. The summed E-state index contributed by atoms with van der Waals surface area (Å²) in [6, 6.07) is 5.37. The minimum atomic E-state index is -4.91.